The maximum Gasteiger partial charge on any atom is 0 e. The molecule has 0 unspecified atom stereocenters. The molecular weight excluding hydrogens is 177 g/mol. The van der Waals surface area contributed by atoms with Gasteiger partial charge in [-0.25, -0.2) is 6.58 Å². The van der Waals surface area contributed by atoms with E-state index < -0.39 is 0 Å². The van der Waals surface area contributed by atoms with Gasteiger partial charge in [0.15, 0.2) is 0 Å². The Kier molecular flexibility index (Phi) is 30.9. The topological polar surface area (TPSA) is 17.1 Å². The van der Waals surface area contributed by atoms with Gasteiger partial charge >= 0.3 is 0 Å². The molecule has 0 saturated carbocycles. The number of carbonyl (C=O) groups excluding carboxylic acids is 1. The molecular formula is C6H10OY-2. The van der Waals surface area contributed by atoms with Crippen LogP contribution in [0.25, 0.3) is 0 Å². The van der Waals surface area contributed by atoms with Crippen molar-refractivity contribution >= 4 is 6.29 Å². The molecule has 0 heterocycles. The van der Waals surface area contributed by atoms with Crippen LogP contribution in [0.15, 0.2) is 12.2 Å². The predicted octanol–water partition coefficient (Wildman–Crippen LogP) is 1.51. The normalized spacial score (nSPS) is 4.88. The average molecular weight is 187 g/mol. The van der Waals surface area contributed by atoms with E-state index in [9.17, 15) is 4.79 Å². The van der Waals surface area contributed by atoms with Crippen LogP contribution in [0.5, 0.6) is 0 Å². The molecule has 0 amide bonds. The summed E-state index contributed by atoms with van der Waals surface area (Å²) in [6, 6.07) is 0. The Bertz CT molecular complexity index is 59.5. The molecule has 0 bridgehead atoms. The van der Waals surface area contributed by atoms with E-state index in [4.69, 9.17) is 0 Å². The second-order valence-corrected chi connectivity index (χ2v) is 0.882. The zero-order valence-electron chi connectivity index (χ0n) is 5.40. The molecule has 1 radical (unpaired) electrons. The Morgan fingerprint density at radius 3 is 1.75 bits per heavy atom. The number of rotatable bonds is 1. The fourth-order valence-electron chi connectivity index (χ4n) is 0. The minimum atomic E-state index is 0. The molecule has 0 spiro atoms. The molecule has 0 N–H and O–H groups in total. The molecule has 0 aromatic rings. The van der Waals surface area contributed by atoms with Crippen LogP contribution in [0.2, 0.25) is 0 Å². The second-order valence-electron chi connectivity index (χ2n) is 0.882. The fourth-order valence-corrected chi connectivity index (χ4v) is 0. The smallest absolute Gasteiger partial charge is 0 e. The molecule has 0 atom stereocenters. The van der Waals surface area contributed by atoms with Gasteiger partial charge in [-0.1, -0.05) is 6.92 Å². The first-order valence-electron chi connectivity index (χ1n) is 2.01. The number of allylic oxidation sites excluding steroid dienone is 1. The monoisotopic (exact) mass is 187 g/mol. The Labute approximate surface area is 76.4 Å². The van der Waals surface area contributed by atoms with Crippen molar-refractivity contribution < 1.29 is 37.5 Å². The summed E-state index contributed by atoms with van der Waals surface area (Å²) in [6.45, 7) is 9.85. The zero-order valence-corrected chi connectivity index (χ0v) is 8.24. The van der Waals surface area contributed by atoms with E-state index in [0.717, 1.165) is 0 Å². The Hall–Kier alpha value is 0.514. The van der Waals surface area contributed by atoms with Crippen molar-refractivity contribution in [2.45, 2.75) is 13.8 Å². The van der Waals surface area contributed by atoms with E-state index in [-0.39, 0.29) is 32.7 Å². The molecule has 2 heteroatoms. The Morgan fingerprint density at radius 2 is 1.75 bits per heavy atom. The summed E-state index contributed by atoms with van der Waals surface area (Å²) < 4.78 is 0. The molecule has 45 valence electrons. The first-order valence-corrected chi connectivity index (χ1v) is 2.01. The molecule has 0 aliphatic rings. The summed E-state index contributed by atoms with van der Waals surface area (Å²) in [5.74, 6) is 0. The zero-order chi connectivity index (χ0) is 6.28. The van der Waals surface area contributed by atoms with E-state index in [1.54, 1.807) is 20.1 Å². The first kappa shape index (κ1) is 15.8. The van der Waals surface area contributed by atoms with Crippen molar-refractivity contribution in [1.82, 2.24) is 0 Å². The fraction of sp³-hybridized carbons (Fsp3) is 0.333. The van der Waals surface area contributed by atoms with Crippen molar-refractivity contribution in [3.05, 3.63) is 19.1 Å². The molecule has 8 heavy (non-hydrogen) atoms. The largest absolute Gasteiger partial charge is 0.419 e. The SMILES string of the molecule is C=C(C)[C-]=O.[CH2-]C.[Y]. The van der Waals surface area contributed by atoms with E-state index in [1.165, 1.54) is 0 Å². The van der Waals surface area contributed by atoms with Gasteiger partial charge < -0.3 is 11.7 Å². The average Bonchev–Trinajstić information content (AvgIpc) is 1.73. The maximum atomic E-state index is 9.28. The minimum Gasteiger partial charge on any atom is -0.419 e. The first-order chi connectivity index (χ1) is 3.27. The van der Waals surface area contributed by atoms with E-state index >= 15 is 0 Å². The third-order valence-electron chi connectivity index (χ3n) is 0.174. The third kappa shape index (κ3) is 31.3. The van der Waals surface area contributed by atoms with E-state index in [1.807, 2.05) is 0 Å². The van der Waals surface area contributed by atoms with Crippen molar-refractivity contribution in [2.24, 2.45) is 0 Å². The van der Waals surface area contributed by atoms with Crippen molar-refractivity contribution in [1.29, 1.82) is 0 Å². The van der Waals surface area contributed by atoms with Gasteiger partial charge in [-0.2, -0.15) is 12.5 Å². The Morgan fingerprint density at radius 1 is 1.62 bits per heavy atom. The van der Waals surface area contributed by atoms with Crippen LogP contribution in [-0.4, -0.2) is 6.29 Å². The standard InChI is InChI=1S/C4H5O.C2H5.Y/c1-4(2)3-5;1-2;/h1H2,2H3;1H2,2H3;/q2*-1;. The summed E-state index contributed by atoms with van der Waals surface area (Å²) in [5.41, 5.74) is 0.449. The van der Waals surface area contributed by atoms with Crippen molar-refractivity contribution in [2.75, 3.05) is 0 Å². The summed E-state index contributed by atoms with van der Waals surface area (Å²) in [7, 11) is 0. The van der Waals surface area contributed by atoms with Crippen molar-refractivity contribution in [3.63, 3.8) is 0 Å². The van der Waals surface area contributed by atoms with Crippen LogP contribution >= 0.6 is 0 Å². The molecule has 0 aromatic heterocycles. The minimum absolute atomic E-state index is 0. The second kappa shape index (κ2) is 15.6. The number of hydrogen-bond acceptors (Lipinski definition) is 1. The van der Waals surface area contributed by atoms with Gasteiger partial charge in [0, 0.05) is 32.7 Å². The maximum absolute atomic E-state index is 9.28. The van der Waals surface area contributed by atoms with Crippen LogP contribution in [0.1, 0.15) is 13.8 Å². The van der Waals surface area contributed by atoms with Crippen molar-refractivity contribution in [3.8, 4) is 0 Å². The third-order valence-corrected chi connectivity index (χ3v) is 0.174. The van der Waals surface area contributed by atoms with Gasteiger partial charge in [0.25, 0.3) is 0 Å². The van der Waals surface area contributed by atoms with Gasteiger partial charge in [0.1, 0.15) is 0 Å². The van der Waals surface area contributed by atoms with Crippen LogP contribution in [0, 0.1) is 6.92 Å². The van der Waals surface area contributed by atoms with Gasteiger partial charge in [0.2, 0.25) is 0 Å². The predicted molar refractivity (Wildman–Crippen MR) is 31.5 cm³/mol. The van der Waals surface area contributed by atoms with E-state index in [2.05, 4.69) is 13.5 Å². The quantitative estimate of drug-likeness (QED) is 0.449. The Balaban J connectivity index is -0.0000000750. The number of hydrogen-bond donors (Lipinski definition) is 0. The summed E-state index contributed by atoms with van der Waals surface area (Å²) in [6.07, 6.45) is 1.58. The summed E-state index contributed by atoms with van der Waals surface area (Å²) in [4.78, 5) is 9.28. The molecule has 0 saturated heterocycles. The molecule has 0 aliphatic heterocycles. The van der Waals surface area contributed by atoms with Crippen LogP contribution in [-0.2, 0) is 37.5 Å². The van der Waals surface area contributed by atoms with Crippen LogP contribution < -0.4 is 0 Å². The van der Waals surface area contributed by atoms with Gasteiger partial charge in [-0.15, -0.1) is 0 Å². The van der Waals surface area contributed by atoms with Crippen LogP contribution in [0.3, 0.4) is 0 Å². The van der Waals surface area contributed by atoms with E-state index in [0.29, 0.717) is 5.57 Å². The van der Waals surface area contributed by atoms with Gasteiger partial charge in [0.05, 0.1) is 0 Å². The van der Waals surface area contributed by atoms with Gasteiger partial charge in [-0.05, 0) is 6.29 Å². The molecule has 1 nitrogen and oxygen atoms in total. The molecule has 0 aromatic carbocycles. The molecule has 0 rings (SSSR count). The summed E-state index contributed by atoms with van der Waals surface area (Å²) in [5, 5.41) is 0. The molecule has 0 aliphatic carbocycles. The van der Waals surface area contributed by atoms with Crippen LogP contribution in [0.4, 0.5) is 0 Å². The van der Waals surface area contributed by atoms with Gasteiger partial charge in [-0.3, -0.25) is 0 Å². The summed E-state index contributed by atoms with van der Waals surface area (Å²) >= 11 is 0. The molecule has 0 fully saturated rings.